The van der Waals surface area contributed by atoms with E-state index in [2.05, 4.69) is 14.7 Å². The van der Waals surface area contributed by atoms with Crippen molar-refractivity contribution in [2.24, 2.45) is 5.92 Å². The molecule has 0 radical (unpaired) electrons. The van der Waals surface area contributed by atoms with Gasteiger partial charge in [-0.15, -0.1) is 0 Å². The van der Waals surface area contributed by atoms with Crippen LogP contribution < -0.4 is 0 Å². The Labute approximate surface area is 135 Å². The Bertz CT molecular complexity index is 333. The van der Waals surface area contributed by atoms with Crippen molar-refractivity contribution in [1.82, 2.24) is 14.7 Å². The number of ketones is 1. The van der Waals surface area contributed by atoms with Gasteiger partial charge in [0.15, 0.2) is 0 Å². The van der Waals surface area contributed by atoms with E-state index in [1.165, 1.54) is 25.9 Å². The zero-order valence-corrected chi connectivity index (χ0v) is 14.6. The van der Waals surface area contributed by atoms with Crippen LogP contribution in [0, 0.1) is 5.92 Å². The summed E-state index contributed by atoms with van der Waals surface area (Å²) in [5.41, 5.74) is 0. The summed E-state index contributed by atoms with van der Waals surface area (Å²) in [6, 6.07) is 0.738. The molecule has 0 saturated carbocycles. The number of ether oxygens (including phenoxy) is 1. The highest BCUT2D eigenvalue weighted by Crippen LogP contribution is 2.18. The number of rotatable bonds is 7. The zero-order valence-electron chi connectivity index (χ0n) is 14.6. The number of carbonyl (C=O) groups excluding carboxylic acids is 1. The SMILES string of the molecule is COCCN1CCC(N2CCN(CC(=O)C(C)C)CC2)CC1. The number of likely N-dealkylation sites (tertiary alicyclic amines) is 1. The molecule has 0 aromatic heterocycles. The molecule has 0 bridgehead atoms. The second-order valence-corrected chi connectivity index (χ2v) is 7.00. The van der Waals surface area contributed by atoms with Gasteiger partial charge < -0.3 is 9.64 Å². The van der Waals surface area contributed by atoms with Crippen molar-refractivity contribution < 1.29 is 9.53 Å². The highest BCUT2D eigenvalue weighted by atomic mass is 16.5. The average molecular weight is 311 g/mol. The first-order valence-corrected chi connectivity index (χ1v) is 8.80. The highest BCUT2D eigenvalue weighted by molar-refractivity contribution is 5.82. The molecule has 0 spiro atoms. The van der Waals surface area contributed by atoms with E-state index in [1.807, 2.05) is 13.8 Å². The molecule has 0 N–H and O–H groups in total. The van der Waals surface area contributed by atoms with E-state index in [4.69, 9.17) is 4.74 Å². The van der Waals surface area contributed by atoms with Gasteiger partial charge in [-0.1, -0.05) is 13.8 Å². The highest BCUT2D eigenvalue weighted by Gasteiger charge is 2.27. The van der Waals surface area contributed by atoms with E-state index in [-0.39, 0.29) is 5.92 Å². The molecular weight excluding hydrogens is 278 g/mol. The lowest BCUT2D eigenvalue weighted by Crippen LogP contribution is -2.54. The maximum Gasteiger partial charge on any atom is 0.149 e. The number of piperazine rings is 1. The molecular formula is C17H33N3O2. The van der Waals surface area contributed by atoms with Gasteiger partial charge in [0.2, 0.25) is 0 Å². The van der Waals surface area contributed by atoms with Gasteiger partial charge in [-0.2, -0.15) is 0 Å². The molecule has 2 heterocycles. The Morgan fingerprint density at radius 1 is 1.05 bits per heavy atom. The molecule has 5 nitrogen and oxygen atoms in total. The summed E-state index contributed by atoms with van der Waals surface area (Å²) in [5, 5.41) is 0. The predicted octanol–water partition coefficient (Wildman–Crippen LogP) is 0.940. The summed E-state index contributed by atoms with van der Waals surface area (Å²) in [5.74, 6) is 0.536. The monoisotopic (exact) mass is 311 g/mol. The number of carbonyl (C=O) groups is 1. The van der Waals surface area contributed by atoms with E-state index in [0.717, 1.165) is 45.4 Å². The molecule has 2 saturated heterocycles. The molecule has 0 unspecified atom stereocenters. The van der Waals surface area contributed by atoms with Crippen LogP contribution in [0.25, 0.3) is 0 Å². The lowest BCUT2D eigenvalue weighted by molar-refractivity contribution is -0.123. The van der Waals surface area contributed by atoms with Crippen LogP contribution in [0.1, 0.15) is 26.7 Å². The second kappa shape index (κ2) is 8.96. The molecule has 0 aromatic carbocycles. The molecule has 2 rings (SSSR count). The van der Waals surface area contributed by atoms with Crippen molar-refractivity contribution in [3.05, 3.63) is 0 Å². The van der Waals surface area contributed by atoms with Crippen LogP contribution in [0.5, 0.6) is 0 Å². The van der Waals surface area contributed by atoms with Crippen LogP contribution in [-0.4, -0.2) is 92.6 Å². The minimum absolute atomic E-state index is 0.162. The Morgan fingerprint density at radius 3 is 2.23 bits per heavy atom. The number of Topliss-reactive ketones (excluding diaryl/α,β-unsaturated/α-hetero) is 1. The first kappa shape index (κ1) is 17.9. The van der Waals surface area contributed by atoms with Gasteiger partial charge in [0.25, 0.3) is 0 Å². The second-order valence-electron chi connectivity index (χ2n) is 7.00. The van der Waals surface area contributed by atoms with Crippen LogP contribution in [-0.2, 0) is 9.53 Å². The van der Waals surface area contributed by atoms with Crippen LogP contribution in [0.3, 0.4) is 0 Å². The fraction of sp³-hybridized carbons (Fsp3) is 0.941. The summed E-state index contributed by atoms with van der Waals surface area (Å²) < 4.78 is 5.16. The fourth-order valence-corrected chi connectivity index (χ4v) is 3.42. The van der Waals surface area contributed by atoms with Crippen molar-refractivity contribution in [2.45, 2.75) is 32.7 Å². The lowest BCUT2D eigenvalue weighted by Gasteiger charge is -2.42. The van der Waals surface area contributed by atoms with Crippen molar-refractivity contribution >= 4 is 5.78 Å². The minimum atomic E-state index is 0.162. The number of hydrogen-bond donors (Lipinski definition) is 0. The van der Waals surface area contributed by atoms with Gasteiger partial charge in [0, 0.05) is 51.8 Å². The van der Waals surface area contributed by atoms with E-state index >= 15 is 0 Å². The van der Waals surface area contributed by atoms with Gasteiger partial charge in [0.05, 0.1) is 13.2 Å². The zero-order chi connectivity index (χ0) is 15.9. The lowest BCUT2D eigenvalue weighted by atomic mass is 10.0. The Kier molecular flexibility index (Phi) is 7.28. The van der Waals surface area contributed by atoms with Gasteiger partial charge in [-0.05, 0) is 25.9 Å². The summed E-state index contributed by atoms with van der Waals surface area (Å²) >= 11 is 0. The van der Waals surface area contributed by atoms with Crippen molar-refractivity contribution in [3.8, 4) is 0 Å². The van der Waals surface area contributed by atoms with Gasteiger partial charge in [-0.3, -0.25) is 14.6 Å². The topological polar surface area (TPSA) is 36.0 Å². The van der Waals surface area contributed by atoms with Gasteiger partial charge in [-0.25, -0.2) is 0 Å². The molecule has 0 aliphatic carbocycles. The molecule has 2 fully saturated rings. The quantitative estimate of drug-likeness (QED) is 0.699. The molecule has 0 amide bonds. The number of methoxy groups -OCH3 is 1. The third-order valence-electron chi connectivity index (χ3n) is 5.12. The van der Waals surface area contributed by atoms with E-state index in [9.17, 15) is 4.79 Å². The molecule has 2 aliphatic rings. The maximum absolute atomic E-state index is 11.8. The van der Waals surface area contributed by atoms with E-state index < -0.39 is 0 Å². The molecule has 5 heteroatoms. The summed E-state index contributed by atoms with van der Waals surface area (Å²) in [6.45, 7) is 13.3. The number of hydrogen-bond acceptors (Lipinski definition) is 5. The van der Waals surface area contributed by atoms with Crippen molar-refractivity contribution in [2.75, 3.05) is 66.1 Å². The summed E-state index contributed by atoms with van der Waals surface area (Å²) in [4.78, 5) is 19.3. The standard InChI is InChI=1S/C17H33N3O2/c1-15(2)17(21)14-19-8-10-20(11-9-19)16-4-6-18(7-5-16)12-13-22-3/h15-16H,4-14H2,1-3H3. The average Bonchev–Trinajstić information content (AvgIpc) is 2.54. The molecule has 0 aromatic rings. The normalized spacial score (nSPS) is 23.3. The minimum Gasteiger partial charge on any atom is -0.383 e. The third kappa shape index (κ3) is 5.30. The Morgan fingerprint density at radius 2 is 1.68 bits per heavy atom. The Balaban J connectivity index is 1.66. The molecule has 128 valence electrons. The first-order chi connectivity index (χ1) is 10.6. The van der Waals surface area contributed by atoms with Crippen LogP contribution in [0.4, 0.5) is 0 Å². The smallest absolute Gasteiger partial charge is 0.149 e. The van der Waals surface area contributed by atoms with Crippen molar-refractivity contribution in [1.29, 1.82) is 0 Å². The van der Waals surface area contributed by atoms with Crippen LogP contribution >= 0.6 is 0 Å². The Hall–Kier alpha value is -0.490. The largest absolute Gasteiger partial charge is 0.383 e. The molecule has 0 atom stereocenters. The van der Waals surface area contributed by atoms with Crippen LogP contribution in [0.2, 0.25) is 0 Å². The number of nitrogens with zero attached hydrogens (tertiary/aromatic N) is 3. The fourth-order valence-electron chi connectivity index (χ4n) is 3.42. The van der Waals surface area contributed by atoms with Crippen LogP contribution in [0.15, 0.2) is 0 Å². The summed E-state index contributed by atoms with van der Waals surface area (Å²) in [7, 11) is 1.77. The van der Waals surface area contributed by atoms with Gasteiger partial charge >= 0.3 is 0 Å². The number of piperidine rings is 1. The third-order valence-corrected chi connectivity index (χ3v) is 5.12. The van der Waals surface area contributed by atoms with Crippen molar-refractivity contribution in [3.63, 3.8) is 0 Å². The maximum atomic E-state index is 11.8. The van der Waals surface area contributed by atoms with E-state index in [1.54, 1.807) is 7.11 Å². The first-order valence-electron chi connectivity index (χ1n) is 8.80. The van der Waals surface area contributed by atoms with E-state index in [0.29, 0.717) is 12.3 Å². The predicted molar refractivity (Wildman–Crippen MR) is 89.2 cm³/mol. The molecule has 22 heavy (non-hydrogen) atoms. The molecule has 2 aliphatic heterocycles. The van der Waals surface area contributed by atoms with Gasteiger partial charge in [0.1, 0.15) is 5.78 Å². The summed E-state index contributed by atoms with van der Waals surface area (Å²) in [6.07, 6.45) is 2.54.